The van der Waals surface area contributed by atoms with Crippen LogP contribution in [0.2, 0.25) is 0 Å². The van der Waals surface area contributed by atoms with E-state index in [4.69, 9.17) is 10.5 Å². The van der Waals surface area contributed by atoms with Gasteiger partial charge < -0.3 is 15.4 Å². The summed E-state index contributed by atoms with van der Waals surface area (Å²) in [5.74, 6) is 0. The summed E-state index contributed by atoms with van der Waals surface area (Å²) >= 11 is 0. The summed E-state index contributed by atoms with van der Waals surface area (Å²) in [4.78, 5) is 2.41. The summed E-state index contributed by atoms with van der Waals surface area (Å²) < 4.78 is 5.47. The maximum Gasteiger partial charge on any atom is 0.0485 e. The molecule has 2 aromatic rings. The summed E-state index contributed by atoms with van der Waals surface area (Å²) in [5.41, 5.74) is 8.36. The van der Waals surface area contributed by atoms with E-state index in [1.54, 1.807) is 0 Å². The summed E-state index contributed by atoms with van der Waals surface area (Å²) in [6.45, 7) is 2.32. The third-order valence-electron chi connectivity index (χ3n) is 4.33. The van der Waals surface area contributed by atoms with Crippen LogP contribution in [0.15, 0.2) is 36.4 Å². The fraction of sp³-hybridized carbons (Fsp3) is 0.412. The van der Waals surface area contributed by atoms with E-state index in [0.717, 1.165) is 26.1 Å². The highest BCUT2D eigenvalue weighted by Gasteiger charge is 2.20. The zero-order chi connectivity index (χ0) is 13.9. The Balaban J connectivity index is 2.02. The first-order valence-corrected chi connectivity index (χ1v) is 7.32. The summed E-state index contributed by atoms with van der Waals surface area (Å²) in [7, 11) is 2.19. The Bertz CT molecular complexity index is 591. The maximum atomic E-state index is 5.85. The van der Waals surface area contributed by atoms with Crippen molar-refractivity contribution in [3.63, 3.8) is 0 Å². The first-order valence-electron chi connectivity index (χ1n) is 7.32. The molecule has 2 N–H and O–H groups in total. The molecule has 1 heterocycles. The molecule has 1 fully saturated rings. The molecule has 0 spiro atoms. The van der Waals surface area contributed by atoms with Crippen LogP contribution in [-0.2, 0) is 11.3 Å². The number of nitrogens with zero attached hydrogens (tertiary/aromatic N) is 1. The molecule has 2 aromatic carbocycles. The first kappa shape index (κ1) is 13.4. The van der Waals surface area contributed by atoms with Crippen molar-refractivity contribution in [1.82, 2.24) is 0 Å². The molecule has 0 atom stereocenters. The van der Waals surface area contributed by atoms with Crippen LogP contribution in [0.4, 0.5) is 5.69 Å². The molecule has 0 bridgehead atoms. The fourth-order valence-corrected chi connectivity index (χ4v) is 3.10. The molecule has 0 aliphatic carbocycles. The van der Waals surface area contributed by atoms with Gasteiger partial charge in [0.25, 0.3) is 0 Å². The van der Waals surface area contributed by atoms with Crippen LogP contribution >= 0.6 is 0 Å². The van der Waals surface area contributed by atoms with Crippen molar-refractivity contribution < 1.29 is 4.74 Å². The van der Waals surface area contributed by atoms with E-state index in [9.17, 15) is 0 Å². The second-order valence-electron chi connectivity index (χ2n) is 5.45. The van der Waals surface area contributed by atoms with Crippen LogP contribution in [0, 0.1) is 0 Å². The van der Waals surface area contributed by atoms with E-state index in [1.807, 2.05) is 0 Å². The van der Waals surface area contributed by atoms with Gasteiger partial charge in [-0.2, -0.15) is 0 Å². The van der Waals surface area contributed by atoms with Gasteiger partial charge in [0, 0.05) is 43.9 Å². The lowest BCUT2D eigenvalue weighted by atomic mass is 10.00. The number of rotatable bonds is 3. The Morgan fingerprint density at radius 3 is 2.50 bits per heavy atom. The van der Waals surface area contributed by atoms with E-state index in [-0.39, 0.29) is 0 Å². The lowest BCUT2D eigenvalue weighted by molar-refractivity contribution is 0.0855. The van der Waals surface area contributed by atoms with Crippen LogP contribution < -0.4 is 10.6 Å². The Hall–Kier alpha value is -1.58. The minimum Gasteiger partial charge on any atom is -0.381 e. The molecule has 1 saturated heterocycles. The molecule has 3 heteroatoms. The average Bonchev–Trinajstić information content (AvgIpc) is 2.54. The van der Waals surface area contributed by atoms with Gasteiger partial charge in [0.15, 0.2) is 0 Å². The Morgan fingerprint density at radius 2 is 1.80 bits per heavy atom. The predicted molar refractivity (Wildman–Crippen MR) is 84.1 cm³/mol. The quantitative estimate of drug-likeness (QED) is 0.932. The van der Waals surface area contributed by atoms with E-state index in [2.05, 4.69) is 48.3 Å². The van der Waals surface area contributed by atoms with E-state index in [0.29, 0.717) is 12.6 Å². The standard InChI is InChI=1S/C17H22N2O/c1-19(14-8-10-20-11-9-14)17-7-6-13(12-18)15-4-2-3-5-16(15)17/h2-7,14H,8-12,18H2,1H3. The topological polar surface area (TPSA) is 38.5 Å². The van der Waals surface area contributed by atoms with E-state index in [1.165, 1.54) is 22.0 Å². The molecule has 3 rings (SSSR count). The highest BCUT2D eigenvalue weighted by molar-refractivity contribution is 5.96. The minimum atomic E-state index is 0.566. The second-order valence-corrected chi connectivity index (χ2v) is 5.45. The number of hydrogen-bond donors (Lipinski definition) is 1. The van der Waals surface area contributed by atoms with Crippen molar-refractivity contribution in [2.75, 3.05) is 25.2 Å². The number of hydrogen-bond acceptors (Lipinski definition) is 3. The van der Waals surface area contributed by atoms with Crippen LogP contribution in [-0.4, -0.2) is 26.3 Å². The second kappa shape index (κ2) is 5.81. The highest BCUT2D eigenvalue weighted by Crippen LogP contribution is 2.31. The summed E-state index contributed by atoms with van der Waals surface area (Å²) in [5, 5.41) is 2.57. The molecule has 3 nitrogen and oxygen atoms in total. The Kier molecular flexibility index (Phi) is 3.90. The van der Waals surface area contributed by atoms with Crippen LogP contribution in [0.25, 0.3) is 10.8 Å². The molecule has 0 saturated carbocycles. The van der Waals surface area contributed by atoms with Crippen LogP contribution in [0.3, 0.4) is 0 Å². The zero-order valence-electron chi connectivity index (χ0n) is 12.0. The molecule has 1 aliphatic heterocycles. The SMILES string of the molecule is CN(c1ccc(CN)c2ccccc12)C1CCOCC1. The first-order chi connectivity index (χ1) is 9.81. The Morgan fingerprint density at radius 1 is 1.10 bits per heavy atom. The van der Waals surface area contributed by atoms with Gasteiger partial charge in [0.2, 0.25) is 0 Å². The third-order valence-corrected chi connectivity index (χ3v) is 4.33. The summed E-state index contributed by atoms with van der Waals surface area (Å²) in [6.07, 6.45) is 2.20. The smallest absolute Gasteiger partial charge is 0.0485 e. The molecule has 0 aromatic heterocycles. The number of anilines is 1. The molecule has 20 heavy (non-hydrogen) atoms. The molecular weight excluding hydrogens is 248 g/mol. The fourth-order valence-electron chi connectivity index (χ4n) is 3.10. The van der Waals surface area contributed by atoms with Gasteiger partial charge in [-0.05, 0) is 29.9 Å². The van der Waals surface area contributed by atoms with Crippen molar-refractivity contribution in [2.24, 2.45) is 5.73 Å². The average molecular weight is 270 g/mol. The van der Waals surface area contributed by atoms with Gasteiger partial charge in [-0.15, -0.1) is 0 Å². The van der Waals surface area contributed by atoms with E-state index < -0.39 is 0 Å². The van der Waals surface area contributed by atoms with Crippen molar-refractivity contribution in [3.8, 4) is 0 Å². The van der Waals surface area contributed by atoms with Gasteiger partial charge >= 0.3 is 0 Å². The number of benzene rings is 2. The van der Waals surface area contributed by atoms with Crippen LogP contribution in [0.5, 0.6) is 0 Å². The summed E-state index contributed by atoms with van der Waals surface area (Å²) in [6, 6.07) is 13.5. The Labute approximate surface area is 120 Å². The monoisotopic (exact) mass is 270 g/mol. The van der Waals surface area contributed by atoms with Crippen molar-refractivity contribution in [2.45, 2.75) is 25.4 Å². The highest BCUT2D eigenvalue weighted by atomic mass is 16.5. The van der Waals surface area contributed by atoms with Crippen LogP contribution in [0.1, 0.15) is 18.4 Å². The lowest BCUT2D eigenvalue weighted by Gasteiger charge is -2.33. The van der Waals surface area contributed by atoms with Gasteiger partial charge in [-0.1, -0.05) is 30.3 Å². The van der Waals surface area contributed by atoms with E-state index >= 15 is 0 Å². The largest absolute Gasteiger partial charge is 0.381 e. The zero-order valence-corrected chi connectivity index (χ0v) is 12.0. The normalized spacial score (nSPS) is 16.5. The molecular formula is C17H22N2O. The third kappa shape index (κ3) is 2.39. The van der Waals surface area contributed by atoms with Crippen molar-refractivity contribution in [1.29, 1.82) is 0 Å². The molecule has 0 unspecified atom stereocenters. The molecule has 1 aliphatic rings. The van der Waals surface area contributed by atoms with Gasteiger partial charge in [-0.25, -0.2) is 0 Å². The van der Waals surface area contributed by atoms with Gasteiger partial charge in [0.1, 0.15) is 0 Å². The van der Waals surface area contributed by atoms with Gasteiger partial charge in [-0.3, -0.25) is 0 Å². The van der Waals surface area contributed by atoms with Crippen molar-refractivity contribution in [3.05, 3.63) is 42.0 Å². The molecule has 0 radical (unpaired) electrons. The molecule has 0 amide bonds. The number of ether oxygens (including phenoxy) is 1. The van der Waals surface area contributed by atoms with Crippen molar-refractivity contribution >= 4 is 16.5 Å². The number of nitrogens with two attached hydrogens (primary N) is 1. The lowest BCUT2D eigenvalue weighted by Crippen LogP contribution is -2.36. The number of fused-ring (bicyclic) bond motifs is 1. The van der Waals surface area contributed by atoms with Gasteiger partial charge in [0.05, 0.1) is 0 Å². The molecule has 106 valence electrons. The predicted octanol–water partition coefficient (Wildman–Crippen LogP) is 2.91. The maximum absolute atomic E-state index is 5.85. The minimum absolute atomic E-state index is 0.566.